The number of carboxylic acid groups (broad SMARTS) is 1. The molecule has 0 saturated heterocycles. The van der Waals surface area contributed by atoms with Gasteiger partial charge in [-0.2, -0.15) is 0 Å². The summed E-state index contributed by atoms with van der Waals surface area (Å²) in [6, 6.07) is 14.3. The van der Waals surface area contributed by atoms with Crippen molar-refractivity contribution in [2.24, 2.45) is 0 Å². The van der Waals surface area contributed by atoms with E-state index >= 15 is 0 Å². The van der Waals surface area contributed by atoms with Gasteiger partial charge in [0.1, 0.15) is 5.82 Å². The van der Waals surface area contributed by atoms with Gasteiger partial charge in [-0.25, -0.2) is 4.98 Å². The summed E-state index contributed by atoms with van der Waals surface area (Å²) in [4.78, 5) is 28.1. The highest BCUT2D eigenvalue weighted by Gasteiger charge is 2.10. The number of rotatable bonds is 5. The van der Waals surface area contributed by atoms with Crippen LogP contribution in [0, 0.1) is 0 Å². The number of hydrogen-bond acceptors (Lipinski definition) is 3. The van der Waals surface area contributed by atoms with Gasteiger partial charge in [0.15, 0.2) is 0 Å². The van der Waals surface area contributed by atoms with Crippen LogP contribution in [0.15, 0.2) is 53.3 Å². The molecule has 0 aliphatic carbocycles. The Labute approximate surface area is 148 Å². The van der Waals surface area contributed by atoms with E-state index in [4.69, 9.17) is 16.7 Å². The third-order valence-corrected chi connectivity index (χ3v) is 3.95. The van der Waals surface area contributed by atoms with Crippen LogP contribution in [0.4, 0.5) is 0 Å². The molecule has 2 aromatic carbocycles. The van der Waals surface area contributed by atoms with E-state index in [1.807, 2.05) is 12.1 Å². The topological polar surface area (TPSA) is 72.2 Å². The lowest BCUT2D eigenvalue weighted by atomic mass is 10.2. The van der Waals surface area contributed by atoms with Gasteiger partial charge in [0.25, 0.3) is 5.56 Å². The van der Waals surface area contributed by atoms with Gasteiger partial charge in [-0.3, -0.25) is 14.2 Å². The van der Waals surface area contributed by atoms with Crippen LogP contribution in [0.2, 0.25) is 5.02 Å². The molecule has 25 heavy (non-hydrogen) atoms. The van der Waals surface area contributed by atoms with Crippen molar-refractivity contribution < 1.29 is 9.90 Å². The van der Waals surface area contributed by atoms with E-state index in [0.717, 1.165) is 5.56 Å². The zero-order valence-electron chi connectivity index (χ0n) is 13.2. The highest BCUT2D eigenvalue weighted by Crippen LogP contribution is 2.14. The molecule has 0 bridgehead atoms. The minimum Gasteiger partial charge on any atom is -0.481 e. The van der Waals surface area contributed by atoms with Crippen LogP contribution in [0.25, 0.3) is 23.1 Å². The molecule has 0 aliphatic heterocycles. The van der Waals surface area contributed by atoms with Crippen LogP contribution >= 0.6 is 11.6 Å². The minimum atomic E-state index is -0.968. The lowest BCUT2D eigenvalue weighted by molar-refractivity contribution is -0.137. The molecule has 6 heteroatoms. The second-order valence-corrected chi connectivity index (χ2v) is 5.91. The molecule has 126 valence electrons. The molecule has 0 fully saturated rings. The summed E-state index contributed by atoms with van der Waals surface area (Å²) in [6.45, 7) is 0.0568. The van der Waals surface area contributed by atoms with Gasteiger partial charge in [0.2, 0.25) is 0 Å². The van der Waals surface area contributed by atoms with Gasteiger partial charge in [-0.05, 0) is 35.9 Å². The van der Waals surface area contributed by atoms with Crippen molar-refractivity contribution in [1.29, 1.82) is 0 Å². The highest BCUT2D eigenvalue weighted by molar-refractivity contribution is 6.30. The Bertz CT molecular complexity index is 1020. The van der Waals surface area contributed by atoms with Crippen LogP contribution in [0.1, 0.15) is 17.8 Å². The number of aliphatic carboxylic acids is 1. The summed E-state index contributed by atoms with van der Waals surface area (Å²) in [7, 11) is 0. The first-order valence-electron chi connectivity index (χ1n) is 7.69. The predicted molar refractivity (Wildman–Crippen MR) is 98.6 cm³/mol. The van der Waals surface area contributed by atoms with Gasteiger partial charge >= 0.3 is 5.97 Å². The number of para-hydroxylation sites is 1. The summed E-state index contributed by atoms with van der Waals surface area (Å²) in [5.74, 6) is -0.560. The highest BCUT2D eigenvalue weighted by atomic mass is 35.5. The maximum atomic E-state index is 12.7. The summed E-state index contributed by atoms with van der Waals surface area (Å²) >= 11 is 5.98. The molecule has 3 rings (SSSR count). The van der Waals surface area contributed by atoms with Crippen LogP contribution < -0.4 is 5.56 Å². The molecule has 5 nitrogen and oxygen atoms in total. The summed E-state index contributed by atoms with van der Waals surface area (Å²) in [5.41, 5.74) is 1.18. The first-order valence-corrected chi connectivity index (χ1v) is 8.07. The number of fused-ring (bicyclic) bond motifs is 1. The molecule has 0 amide bonds. The normalized spacial score (nSPS) is 11.2. The van der Waals surface area contributed by atoms with Gasteiger partial charge in [-0.1, -0.05) is 41.9 Å². The SMILES string of the molecule is O=C(O)CCn1c(/C=C/c2cccc(Cl)c2)nc2ccccc2c1=O. The van der Waals surface area contributed by atoms with E-state index in [-0.39, 0.29) is 18.5 Å². The molecule has 1 heterocycles. The largest absolute Gasteiger partial charge is 0.481 e. The van der Waals surface area contributed by atoms with E-state index < -0.39 is 5.97 Å². The fraction of sp³-hybridized carbons (Fsp3) is 0.105. The number of benzene rings is 2. The van der Waals surface area contributed by atoms with Gasteiger partial charge < -0.3 is 5.11 Å². The fourth-order valence-electron chi connectivity index (χ4n) is 2.52. The Hall–Kier alpha value is -2.92. The third-order valence-electron chi connectivity index (χ3n) is 3.71. The number of nitrogens with zero attached hydrogens (tertiary/aromatic N) is 2. The zero-order valence-corrected chi connectivity index (χ0v) is 14.0. The van der Waals surface area contributed by atoms with Gasteiger partial charge in [0.05, 0.1) is 17.3 Å². The minimum absolute atomic E-state index is 0.0568. The van der Waals surface area contributed by atoms with Crippen LogP contribution in [-0.4, -0.2) is 20.6 Å². The summed E-state index contributed by atoms with van der Waals surface area (Å²) in [5, 5.41) is 10.0. The van der Waals surface area contributed by atoms with E-state index in [9.17, 15) is 9.59 Å². The molecule has 0 radical (unpaired) electrons. The molecule has 1 aromatic heterocycles. The van der Waals surface area contributed by atoms with Crippen molar-refractivity contribution in [1.82, 2.24) is 9.55 Å². The third kappa shape index (κ3) is 3.95. The Balaban J connectivity index is 2.09. The van der Waals surface area contributed by atoms with Crippen molar-refractivity contribution in [2.45, 2.75) is 13.0 Å². The fourth-order valence-corrected chi connectivity index (χ4v) is 2.72. The van der Waals surface area contributed by atoms with Crippen molar-refractivity contribution in [3.05, 3.63) is 75.3 Å². The lowest BCUT2D eigenvalue weighted by Crippen LogP contribution is -2.25. The molecule has 0 aliphatic rings. The second kappa shape index (κ2) is 7.32. The lowest BCUT2D eigenvalue weighted by Gasteiger charge is -2.10. The number of carbonyl (C=O) groups is 1. The molecule has 0 spiro atoms. The zero-order chi connectivity index (χ0) is 17.8. The molecule has 0 saturated carbocycles. The molecule has 0 unspecified atom stereocenters. The monoisotopic (exact) mass is 354 g/mol. The maximum Gasteiger partial charge on any atom is 0.305 e. The number of halogens is 1. The number of hydrogen-bond donors (Lipinski definition) is 1. The van der Waals surface area contributed by atoms with Gasteiger partial charge in [0, 0.05) is 11.6 Å². The Morgan fingerprint density at radius 3 is 2.72 bits per heavy atom. The van der Waals surface area contributed by atoms with E-state index in [2.05, 4.69) is 4.98 Å². The Morgan fingerprint density at radius 2 is 1.96 bits per heavy atom. The van der Waals surface area contributed by atoms with E-state index in [0.29, 0.717) is 21.7 Å². The summed E-state index contributed by atoms with van der Waals surface area (Å²) < 4.78 is 1.39. The Morgan fingerprint density at radius 1 is 1.16 bits per heavy atom. The van der Waals surface area contributed by atoms with Crippen LogP contribution in [0.3, 0.4) is 0 Å². The predicted octanol–water partition coefficient (Wildman–Crippen LogP) is 3.70. The molecule has 3 aromatic rings. The average molecular weight is 355 g/mol. The molecule has 1 N–H and O–H groups in total. The molecule has 0 atom stereocenters. The van der Waals surface area contributed by atoms with E-state index in [1.54, 1.807) is 48.6 Å². The van der Waals surface area contributed by atoms with Crippen molar-refractivity contribution in [3.8, 4) is 0 Å². The standard InChI is InChI=1S/C19H15ClN2O3/c20-14-5-3-4-13(12-14)8-9-17-21-16-7-2-1-6-15(16)19(25)22(17)11-10-18(23)24/h1-9,12H,10-11H2,(H,23,24)/b9-8+. The first kappa shape index (κ1) is 16.9. The summed E-state index contributed by atoms with van der Waals surface area (Å²) in [6.07, 6.45) is 3.33. The van der Waals surface area contributed by atoms with Crippen molar-refractivity contribution >= 4 is 40.6 Å². The smallest absolute Gasteiger partial charge is 0.305 e. The number of aromatic nitrogens is 2. The quantitative estimate of drug-likeness (QED) is 0.758. The first-order chi connectivity index (χ1) is 12.0. The van der Waals surface area contributed by atoms with Crippen LogP contribution in [0.5, 0.6) is 0 Å². The average Bonchev–Trinajstić information content (AvgIpc) is 2.59. The molecular formula is C19H15ClN2O3. The molecular weight excluding hydrogens is 340 g/mol. The van der Waals surface area contributed by atoms with Crippen molar-refractivity contribution in [3.63, 3.8) is 0 Å². The second-order valence-electron chi connectivity index (χ2n) is 5.48. The van der Waals surface area contributed by atoms with Gasteiger partial charge in [-0.15, -0.1) is 0 Å². The Kier molecular flexibility index (Phi) is 4.95. The maximum absolute atomic E-state index is 12.7. The van der Waals surface area contributed by atoms with E-state index in [1.165, 1.54) is 4.57 Å². The van der Waals surface area contributed by atoms with Crippen LogP contribution in [-0.2, 0) is 11.3 Å². The number of carboxylic acids is 1. The van der Waals surface area contributed by atoms with Crippen molar-refractivity contribution in [2.75, 3.05) is 0 Å².